The fourth-order valence-corrected chi connectivity index (χ4v) is 3.00. The molecule has 33 heavy (non-hydrogen) atoms. The Labute approximate surface area is 193 Å². The van der Waals surface area contributed by atoms with Gasteiger partial charge >= 0.3 is 0 Å². The average Bonchev–Trinajstić information content (AvgIpc) is 3.14. The summed E-state index contributed by atoms with van der Waals surface area (Å²) in [6, 6.07) is 5.20. The first kappa shape index (κ1) is 25.0. The van der Waals surface area contributed by atoms with Crippen molar-refractivity contribution in [1.29, 1.82) is 0 Å². The molecule has 2 amide bonds. The summed E-state index contributed by atoms with van der Waals surface area (Å²) < 4.78 is 12.0. The lowest BCUT2D eigenvalue weighted by atomic mass is 10.2. The Bertz CT molecular complexity index is 1130. The number of aromatic nitrogens is 2. The number of methoxy groups -OCH3 is 2. The zero-order valence-electron chi connectivity index (χ0n) is 19.1. The molecule has 0 radical (unpaired) electrons. The highest BCUT2D eigenvalue weighted by Crippen LogP contribution is 2.27. The van der Waals surface area contributed by atoms with Crippen molar-refractivity contribution < 1.29 is 23.9 Å². The maximum atomic E-state index is 13.2. The molecule has 172 valence electrons. The normalized spacial score (nSPS) is 9.79. The third kappa shape index (κ3) is 6.14. The van der Waals surface area contributed by atoms with Crippen molar-refractivity contribution in [3.05, 3.63) is 35.3 Å². The van der Waals surface area contributed by atoms with Crippen LogP contribution in [0, 0.1) is 24.2 Å². The number of terminal acetylenes is 1. The van der Waals surface area contributed by atoms with E-state index in [2.05, 4.69) is 28.1 Å². The Hall–Kier alpha value is -4.24. The van der Waals surface area contributed by atoms with Gasteiger partial charge in [0.1, 0.15) is 5.78 Å². The van der Waals surface area contributed by atoms with Crippen LogP contribution in [-0.4, -0.2) is 59.9 Å². The molecule has 1 N–H and O–H groups in total. The summed E-state index contributed by atoms with van der Waals surface area (Å²) in [5, 5.41) is 2.44. The molecule has 0 atom stereocenters. The third-order valence-corrected chi connectivity index (χ3v) is 4.82. The van der Waals surface area contributed by atoms with E-state index < -0.39 is 5.91 Å². The van der Waals surface area contributed by atoms with Crippen molar-refractivity contribution in [2.45, 2.75) is 19.8 Å². The molecule has 0 aliphatic heterocycles. The lowest BCUT2D eigenvalue weighted by Crippen LogP contribution is -2.35. The molecule has 0 aliphatic rings. The van der Waals surface area contributed by atoms with Gasteiger partial charge in [0.25, 0.3) is 5.91 Å². The van der Waals surface area contributed by atoms with E-state index in [1.807, 2.05) is 0 Å². The minimum absolute atomic E-state index is 0.00813. The number of hydrogen-bond acceptors (Lipinski definition) is 6. The second kappa shape index (κ2) is 12.0. The molecule has 2 rings (SSSR count). The number of imidazole rings is 1. The summed E-state index contributed by atoms with van der Waals surface area (Å²) in [4.78, 5) is 41.7. The lowest BCUT2D eigenvalue weighted by molar-refractivity contribution is -0.118. The summed E-state index contributed by atoms with van der Waals surface area (Å²) >= 11 is 0. The lowest BCUT2D eigenvalue weighted by Gasteiger charge is -2.20. The van der Waals surface area contributed by atoms with Crippen LogP contribution in [0.3, 0.4) is 0 Å². The summed E-state index contributed by atoms with van der Waals surface area (Å²) in [5.74, 6) is 9.25. The maximum absolute atomic E-state index is 13.2. The molecular weight excluding hydrogens is 424 g/mol. The summed E-state index contributed by atoms with van der Waals surface area (Å²) in [5.41, 5.74) is 0.748. The molecular formula is C24H26N4O5. The van der Waals surface area contributed by atoms with Crippen LogP contribution in [0.5, 0.6) is 11.5 Å². The predicted octanol–water partition coefficient (Wildman–Crippen LogP) is 1.85. The minimum Gasteiger partial charge on any atom is -0.493 e. The molecule has 1 heterocycles. The van der Waals surface area contributed by atoms with Gasteiger partial charge in [0.15, 0.2) is 28.8 Å². The molecule has 0 saturated carbocycles. The quantitative estimate of drug-likeness (QED) is 0.438. The highest BCUT2D eigenvalue weighted by molar-refractivity contribution is 5.99. The average molecular weight is 450 g/mol. The minimum atomic E-state index is -0.463. The Morgan fingerprint density at radius 3 is 2.58 bits per heavy atom. The number of ether oxygens (including phenoxy) is 2. The highest BCUT2D eigenvalue weighted by atomic mass is 16.5. The van der Waals surface area contributed by atoms with Gasteiger partial charge in [-0.15, -0.1) is 6.42 Å². The van der Waals surface area contributed by atoms with E-state index in [0.717, 1.165) is 0 Å². The Balaban J connectivity index is 2.42. The molecule has 0 unspecified atom stereocenters. The zero-order chi connectivity index (χ0) is 24.4. The van der Waals surface area contributed by atoms with Crippen LogP contribution in [0.4, 0.5) is 5.82 Å². The standard InChI is InChI=1S/C24H26N4O5/c1-6-13-28(14-12-18(30)7-2)24(31)22-23(25-16-29)26-21(27(22)3)11-9-17-8-10-19(32-4)20(15-17)33-5/h1,8,10,15-16H,7,12-14H2,2-5H3,(H,25,29). The van der Waals surface area contributed by atoms with Crippen molar-refractivity contribution >= 4 is 23.9 Å². The fraction of sp³-hybridized carbons (Fsp3) is 0.333. The van der Waals surface area contributed by atoms with Crippen LogP contribution in [-0.2, 0) is 16.6 Å². The molecule has 1 aromatic heterocycles. The van der Waals surface area contributed by atoms with Crippen LogP contribution in [0.2, 0.25) is 0 Å². The van der Waals surface area contributed by atoms with E-state index >= 15 is 0 Å². The monoisotopic (exact) mass is 450 g/mol. The molecule has 1 aromatic carbocycles. The van der Waals surface area contributed by atoms with Gasteiger partial charge in [-0.1, -0.05) is 18.8 Å². The van der Waals surface area contributed by atoms with Crippen molar-refractivity contribution in [2.24, 2.45) is 7.05 Å². The van der Waals surface area contributed by atoms with E-state index in [1.165, 1.54) is 16.6 Å². The second-order valence-corrected chi connectivity index (χ2v) is 6.85. The largest absolute Gasteiger partial charge is 0.493 e. The number of nitrogens with zero attached hydrogens (tertiary/aromatic N) is 3. The van der Waals surface area contributed by atoms with Crippen molar-refractivity contribution in [3.8, 4) is 35.7 Å². The van der Waals surface area contributed by atoms with Gasteiger partial charge in [-0.3, -0.25) is 14.4 Å². The number of nitrogens with one attached hydrogen (secondary N) is 1. The van der Waals surface area contributed by atoms with Crippen molar-refractivity contribution in [3.63, 3.8) is 0 Å². The number of benzene rings is 1. The number of carbonyl (C=O) groups excluding carboxylic acids is 3. The van der Waals surface area contributed by atoms with Gasteiger partial charge in [0.05, 0.1) is 20.8 Å². The van der Waals surface area contributed by atoms with Gasteiger partial charge in [-0.05, 0) is 24.1 Å². The van der Waals surface area contributed by atoms with E-state index in [-0.39, 0.29) is 42.6 Å². The first-order valence-electron chi connectivity index (χ1n) is 10.1. The molecule has 9 nitrogen and oxygen atoms in total. The zero-order valence-corrected chi connectivity index (χ0v) is 19.1. The first-order valence-corrected chi connectivity index (χ1v) is 10.1. The smallest absolute Gasteiger partial charge is 0.275 e. The number of ketones is 1. The van der Waals surface area contributed by atoms with Gasteiger partial charge in [-0.2, -0.15) is 0 Å². The molecule has 0 bridgehead atoms. The maximum Gasteiger partial charge on any atom is 0.275 e. The first-order chi connectivity index (χ1) is 15.9. The Morgan fingerprint density at radius 1 is 1.24 bits per heavy atom. The summed E-state index contributed by atoms with van der Waals surface area (Å²) in [6.07, 6.45) is 6.40. The van der Waals surface area contributed by atoms with Gasteiger partial charge in [0, 0.05) is 32.0 Å². The second-order valence-electron chi connectivity index (χ2n) is 6.85. The molecule has 0 saturated heterocycles. The van der Waals surface area contributed by atoms with E-state index in [4.69, 9.17) is 15.9 Å². The number of rotatable bonds is 10. The van der Waals surface area contributed by atoms with Crippen LogP contribution in [0.1, 0.15) is 41.6 Å². The Kier molecular flexibility index (Phi) is 9.07. The van der Waals surface area contributed by atoms with E-state index in [0.29, 0.717) is 29.9 Å². The number of Topliss-reactive ketones (excluding diaryl/α,β-unsaturated/α-hetero) is 1. The number of carbonyl (C=O) groups is 3. The van der Waals surface area contributed by atoms with Crippen LogP contribution >= 0.6 is 0 Å². The molecule has 0 spiro atoms. The topological polar surface area (TPSA) is 103 Å². The summed E-state index contributed by atoms with van der Waals surface area (Å²) in [6.45, 7) is 1.93. The predicted molar refractivity (Wildman–Crippen MR) is 123 cm³/mol. The fourth-order valence-electron chi connectivity index (χ4n) is 3.00. The van der Waals surface area contributed by atoms with E-state index in [1.54, 1.807) is 39.3 Å². The molecule has 2 aromatic rings. The summed E-state index contributed by atoms with van der Waals surface area (Å²) in [7, 11) is 4.68. The van der Waals surface area contributed by atoms with Crippen molar-refractivity contribution in [2.75, 3.05) is 32.6 Å². The van der Waals surface area contributed by atoms with Gasteiger partial charge in [-0.25, -0.2) is 4.98 Å². The molecule has 0 aliphatic carbocycles. The van der Waals surface area contributed by atoms with Crippen LogP contribution < -0.4 is 14.8 Å². The number of anilines is 1. The third-order valence-electron chi connectivity index (χ3n) is 4.82. The SMILES string of the molecule is C#CCN(CCC(=O)CC)C(=O)c1c(NC=O)nc(C#Cc2ccc(OC)c(OC)c2)n1C. The van der Waals surface area contributed by atoms with Crippen LogP contribution in [0.15, 0.2) is 18.2 Å². The van der Waals surface area contributed by atoms with E-state index in [9.17, 15) is 14.4 Å². The Morgan fingerprint density at radius 2 is 1.97 bits per heavy atom. The number of amides is 2. The van der Waals surface area contributed by atoms with Gasteiger partial charge in [0.2, 0.25) is 6.41 Å². The van der Waals surface area contributed by atoms with Crippen LogP contribution in [0.25, 0.3) is 0 Å². The van der Waals surface area contributed by atoms with Crippen molar-refractivity contribution in [1.82, 2.24) is 14.5 Å². The number of hydrogen-bond donors (Lipinski definition) is 1. The highest BCUT2D eigenvalue weighted by Gasteiger charge is 2.25. The molecule has 9 heteroatoms. The molecule has 0 fully saturated rings. The van der Waals surface area contributed by atoms with Gasteiger partial charge < -0.3 is 24.3 Å².